The molecule has 0 aromatic carbocycles. The molecule has 4 aliphatic rings. The van der Waals surface area contributed by atoms with Gasteiger partial charge in [-0.1, -0.05) is 0 Å². The first kappa shape index (κ1) is 18.5. The zero-order valence-corrected chi connectivity index (χ0v) is 14.1. The van der Waals surface area contributed by atoms with Crippen LogP contribution < -0.4 is 0 Å². The second kappa shape index (κ2) is 6.66. The number of fused-ring (bicyclic) bond motifs is 3. The number of methoxy groups -OCH3 is 1. The average molecular weight is 376 g/mol. The van der Waals surface area contributed by atoms with E-state index in [0.717, 1.165) is 0 Å². The first-order valence-corrected chi connectivity index (χ1v) is 8.58. The van der Waals surface area contributed by atoms with Gasteiger partial charge in [0.2, 0.25) is 6.29 Å². The van der Waals surface area contributed by atoms with E-state index in [9.17, 15) is 25.5 Å². The summed E-state index contributed by atoms with van der Waals surface area (Å²) in [7, 11) is 1.56. The second-order valence-electron chi connectivity index (χ2n) is 7.12. The number of hydrogen-bond donors (Lipinski definition) is 5. The highest BCUT2D eigenvalue weighted by molar-refractivity contribution is 5.25. The molecule has 10 nitrogen and oxygen atoms in total. The molecule has 1 aliphatic carbocycles. The Balaban J connectivity index is 1.54. The summed E-state index contributed by atoms with van der Waals surface area (Å²) in [5.74, 6) is -0.547. The number of epoxide rings is 1. The molecular formula is C16H24O10. The molecule has 26 heavy (non-hydrogen) atoms. The van der Waals surface area contributed by atoms with Crippen molar-refractivity contribution in [1.29, 1.82) is 0 Å². The van der Waals surface area contributed by atoms with Crippen molar-refractivity contribution in [3.8, 4) is 0 Å². The number of aliphatic hydroxyl groups is 5. The number of ether oxygens (including phenoxy) is 5. The van der Waals surface area contributed by atoms with Gasteiger partial charge in [-0.25, -0.2) is 0 Å². The molecule has 1 saturated carbocycles. The molecule has 2 unspecified atom stereocenters. The molecular weight excluding hydrogens is 352 g/mol. The lowest BCUT2D eigenvalue weighted by Gasteiger charge is -2.43. The molecule has 0 aromatic heterocycles. The highest BCUT2D eigenvalue weighted by atomic mass is 16.8. The number of hydrogen-bond acceptors (Lipinski definition) is 10. The average Bonchev–Trinajstić information content (AvgIpc) is 3.31. The van der Waals surface area contributed by atoms with E-state index in [0.29, 0.717) is 0 Å². The molecule has 3 heterocycles. The molecule has 4 rings (SSSR count). The van der Waals surface area contributed by atoms with Crippen LogP contribution in [0, 0.1) is 11.8 Å². The van der Waals surface area contributed by atoms with Crippen LogP contribution in [0.25, 0.3) is 0 Å². The van der Waals surface area contributed by atoms with Gasteiger partial charge in [0.15, 0.2) is 6.29 Å². The van der Waals surface area contributed by atoms with Crippen molar-refractivity contribution < 1.29 is 49.2 Å². The van der Waals surface area contributed by atoms with Crippen molar-refractivity contribution in [2.75, 3.05) is 20.3 Å². The Morgan fingerprint density at radius 3 is 2.50 bits per heavy atom. The van der Waals surface area contributed by atoms with Gasteiger partial charge in [-0.3, -0.25) is 0 Å². The van der Waals surface area contributed by atoms with E-state index in [4.69, 9.17) is 23.7 Å². The fraction of sp³-hybridized carbons (Fsp3) is 0.875. The molecule has 0 spiro atoms. The third kappa shape index (κ3) is 2.53. The van der Waals surface area contributed by atoms with Gasteiger partial charge in [-0.2, -0.15) is 0 Å². The normalized spacial score (nSPS) is 55.2. The van der Waals surface area contributed by atoms with Gasteiger partial charge in [0.25, 0.3) is 0 Å². The summed E-state index contributed by atoms with van der Waals surface area (Å²) in [4.78, 5) is 0. The Hall–Kier alpha value is -0.820. The van der Waals surface area contributed by atoms with Gasteiger partial charge >= 0.3 is 0 Å². The molecule has 148 valence electrons. The van der Waals surface area contributed by atoms with E-state index in [-0.39, 0.29) is 24.7 Å². The summed E-state index contributed by atoms with van der Waals surface area (Å²) in [6.07, 6.45) is -5.21. The summed E-state index contributed by atoms with van der Waals surface area (Å²) < 4.78 is 27.9. The number of rotatable bonds is 5. The maximum absolute atomic E-state index is 10.2. The fourth-order valence-corrected chi connectivity index (χ4v) is 4.43. The van der Waals surface area contributed by atoms with Gasteiger partial charge in [0, 0.05) is 13.0 Å². The zero-order valence-electron chi connectivity index (χ0n) is 14.1. The molecule has 3 aliphatic heterocycles. The third-order valence-electron chi connectivity index (χ3n) is 5.87. The van der Waals surface area contributed by atoms with Crippen molar-refractivity contribution in [1.82, 2.24) is 0 Å². The van der Waals surface area contributed by atoms with Crippen molar-refractivity contribution in [3.63, 3.8) is 0 Å². The van der Waals surface area contributed by atoms with Gasteiger partial charge in [0.05, 0.1) is 31.5 Å². The van der Waals surface area contributed by atoms with Crippen LogP contribution in [0.3, 0.4) is 0 Å². The first-order valence-electron chi connectivity index (χ1n) is 8.58. The van der Waals surface area contributed by atoms with Gasteiger partial charge in [0.1, 0.15) is 36.1 Å². The minimum atomic E-state index is -1.55. The lowest BCUT2D eigenvalue weighted by Crippen LogP contribution is -2.60. The van der Waals surface area contributed by atoms with Crippen LogP contribution in [0.4, 0.5) is 0 Å². The topological polar surface area (TPSA) is 151 Å². The Morgan fingerprint density at radius 1 is 1.08 bits per heavy atom. The van der Waals surface area contributed by atoms with Crippen LogP contribution in [-0.4, -0.2) is 101 Å². The van der Waals surface area contributed by atoms with E-state index in [2.05, 4.69) is 0 Å². The zero-order chi connectivity index (χ0) is 18.6. The van der Waals surface area contributed by atoms with Gasteiger partial charge in [-0.05, 0) is 6.08 Å². The maximum Gasteiger partial charge on any atom is 0.208 e. The van der Waals surface area contributed by atoms with E-state index in [1.165, 1.54) is 6.26 Å². The Labute approximate surface area is 149 Å². The van der Waals surface area contributed by atoms with Gasteiger partial charge < -0.3 is 49.2 Å². The van der Waals surface area contributed by atoms with E-state index in [1.54, 1.807) is 7.11 Å². The summed E-state index contributed by atoms with van der Waals surface area (Å²) in [5.41, 5.74) is -0.866. The van der Waals surface area contributed by atoms with Crippen molar-refractivity contribution in [2.24, 2.45) is 11.8 Å². The SMILES string of the molecule is CO[C@H]1C2C=CO[C@@H](O[C@@H]3O[C@H](CO)[C@@H](O)[C@H](O)[C@H]3O)C2[C@@]2(CO)O[C@@H]12. The van der Waals surface area contributed by atoms with Crippen LogP contribution in [0.5, 0.6) is 0 Å². The Bertz CT molecular complexity index is 555. The summed E-state index contributed by atoms with van der Waals surface area (Å²) in [6, 6.07) is 0. The maximum atomic E-state index is 10.2. The van der Waals surface area contributed by atoms with E-state index < -0.39 is 55.1 Å². The van der Waals surface area contributed by atoms with Crippen LogP contribution in [0.2, 0.25) is 0 Å². The highest BCUT2D eigenvalue weighted by Gasteiger charge is 2.76. The van der Waals surface area contributed by atoms with Crippen molar-refractivity contribution in [2.45, 2.75) is 54.8 Å². The van der Waals surface area contributed by atoms with Crippen LogP contribution >= 0.6 is 0 Å². The Kier molecular flexibility index (Phi) is 4.75. The molecule has 0 radical (unpaired) electrons. The largest absolute Gasteiger partial charge is 0.472 e. The molecule has 0 aromatic rings. The van der Waals surface area contributed by atoms with Crippen LogP contribution in [0.1, 0.15) is 0 Å². The quantitative estimate of drug-likeness (QED) is 0.315. The monoisotopic (exact) mass is 376 g/mol. The minimum absolute atomic E-state index is 0.130. The highest BCUT2D eigenvalue weighted by Crippen LogP contribution is 2.60. The lowest BCUT2D eigenvalue weighted by atomic mass is 9.85. The lowest BCUT2D eigenvalue weighted by molar-refractivity contribution is -0.344. The molecule has 5 N–H and O–H groups in total. The predicted octanol–water partition coefficient (Wildman–Crippen LogP) is -2.94. The molecule has 0 amide bonds. The summed E-state index contributed by atoms with van der Waals surface area (Å²) in [5, 5.41) is 49.1. The van der Waals surface area contributed by atoms with E-state index >= 15 is 0 Å². The molecule has 3 fully saturated rings. The Morgan fingerprint density at radius 2 is 1.85 bits per heavy atom. The standard InChI is InChI=1S/C16H24O10/c1-22-12-6-2-3-23-14(8(6)16(5-18)13(12)26-16)25-15-11(21)10(20)9(19)7(4-17)24-15/h2-3,6-15,17-21H,4-5H2,1H3/t6?,7-,8?,9-,10+,11-,12+,13+,14+,15+,16-/m1/s1. The molecule has 11 atom stereocenters. The fourth-order valence-electron chi connectivity index (χ4n) is 4.43. The number of aliphatic hydroxyl groups excluding tert-OH is 5. The minimum Gasteiger partial charge on any atom is -0.472 e. The summed E-state index contributed by atoms with van der Waals surface area (Å²) in [6.45, 7) is -0.801. The predicted molar refractivity (Wildman–Crippen MR) is 81.3 cm³/mol. The van der Waals surface area contributed by atoms with Gasteiger partial charge in [-0.15, -0.1) is 0 Å². The van der Waals surface area contributed by atoms with Crippen LogP contribution in [-0.2, 0) is 23.7 Å². The molecule has 2 saturated heterocycles. The third-order valence-corrected chi connectivity index (χ3v) is 5.87. The smallest absolute Gasteiger partial charge is 0.208 e. The molecule has 10 heteroatoms. The first-order chi connectivity index (χ1) is 12.5. The second-order valence-corrected chi connectivity index (χ2v) is 7.12. The van der Waals surface area contributed by atoms with Crippen LogP contribution in [0.15, 0.2) is 12.3 Å². The van der Waals surface area contributed by atoms with Crippen molar-refractivity contribution in [3.05, 3.63) is 12.3 Å². The van der Waals surface area contributed by atoms with E-state index in [1.807, 2.05) is 6.08 Å². The molecule has 0 bridgehead atoms. The van der Waals surface area contributed by atoms with Crippen molar-refractivity contribution >= 4 is 0 Å². The summed E-state index contributed by atoms with van der Waals surface area (Å²) >= 11 is 0.